The molecule has 0 aliphatic carbocycles. The summed E-state index contributed by atoms with van der Waals surface area (Å²) in [6.45, 7) is 3.03. The number of carbonyl (C=O) groups is 1. The van der Waals surface area contributed by atoms with E-state index in [1.165, 1.54) is 44.9 Å². The fourth-order valence-corrected chi connectivity index (χ4v) is 3.09. The summed E-state index contributed by atoms with van der Waals surface area (Å²) >= 11 is 5.48. The standard InChI is InChI=1S/C23H29ClO2/c1-2-3-4-5-6-7-8-9-18-26-22-16-14-20(15-17-22)19-10-12-21(13-11-19)23(24)25/h10-17H,2-9,18H2,1H3. The van der Waals surface area contributed by atoms with Gasteiger partial charge in [0.25, 0.3) is 5.24 Å². The molecule has 0 spiro atoms. The van der Waals surface area contributed by atoms with E-state index in [-0.39, 0.29) is 0 Å². The van der Waals surface area contributed by atoms with Gasteiger partial charge in [-0.05, 0) is 53.4 Å². The highest BCUT2D eigenvalue weighted by atomic mass is 35.5. The number of carbonyl (C=O) groups excluding carboxylic acids is 1. The van der Waals surface area contributed by atoms with Crippen LogP contribution in [0.5, 0.6) is 5.75 Å². The van der Waals surface area contributed by atoms with Gasteiger partial charge in [0, 0.05) is 5.56 Å². The Morgan fingerprint density at radius 3 is 1.81 bits per heavy atom. The molecule has 26 heavy (non-hydrogen) atoms. The second kappa shape index (κ2) is 11.7. The highest BCUT2D eigenvalue weighted by Gasteiger charge is 2.03. The molecular weight excluding hydrogens is 344 g/mol. The van der Waals surface area contributed by atoms with Crippen molar-refractivity contribution in [3.63, 3.8) is 0 Å². The van der Waals surface area contributed by atoms with E-state index >= 15 is 0 Å². The van der Waals surface area contributed by atoms with Gasteiger partial charge in [0.1, 0.15) is 5.75 Å². The predicted molar refractivity (Wildman–Crippen MR) is 110 cm³/mol. The smallest absolute Gasteiger partial charge is 0.252 e. The van der Waals surface area contributed by atoms with Crippen molar-refractivity contribution in [2.75, 3.05) is 6.61 Å². The lowest BCUT2D eigenvalue weighted by Crippen LogP contribution is -1.97. The van der Waals surface area contributed by atoms with Crippen LogP contribution in [0.2, 0.25) is 0 Å². The summed E-state index contributed by atoms with van der Waals surface area (Å²) in [5.41, 5.74) is 2.67. The number of hydrogen-bond donors (Lipinski definition) is 0. The Balaban J connectivity index is 1.68. The quantitative estimate of drug-likeness (QED) is 0.289. The molecule has 0 aliphatic rings. The van der Waals surface area contributed by atoms with E-state index in [2.05, 4.69) is 6.92 Å². The predicted octanol–water partition coefficient (Wildman–Crippen LogP) is 7.25. The van der Waals surface area contributed by atoms with Crippen molar-refractivity contribution in [1.82, 2.24) is 0 Å². The second-order valence-corrected chi connectivity index (χ2v) is 7.04. The van der Waals surface area contributed by atoms with Crippen LogP contribution in [0.15, 0.2) is 48.5 Å². The van der Waals surface area contributed by atoms with Gasteiger partial charge >= 0.3 is 0 Å². The molecule has 0 aliphatic heterocycles. The Labute approximate surface area is 162 Å². The molecule has 0 atom stereocenters. The monoisotopic (exact) mass is 372 g/mol. The van der Waals surface area contributed by atoms with Crippen LogP contribution in [0.25, 0.3) is 11.1 Å². The van der Waals surface area contributed by atoms with Crippen molar-refractivity contribution in [2.45, 2.75) is 58.3 Å². The van der Waals surface area contributed by atoms with Crippen molar-refractivity contribution in [2.24, 2.45) is 0 Å². The Bertz CT molecular complexity index is 647. The molecule has 0 radical (unpaired) electrons. The van der Waals surface area contributed by atoms with Gasteiger partial charge in [-0.2, -0.15) is 0 Å². The lowest BCUT2D eigenvalue weighted by molar-refractivity contribution is 0.108. The molecule has 140 valence electrons. The fourth-order valence-electron chi connectivity index (χ4n) is 2.96. The van der Waals surface area contributed by atoms with Gasteiger partial charge < -0.3 is 4.74 Å². The van der Waals surface area contributed by atoms with Gasteiger partial charge in [0.15, 0.2) is 0 Å². The summed E-state index contributed by atoms with van der Waals surface area (Å²) in [6, 6.07) is 15.4. The van der Waals surface area contributed by atoms with Crippen LogP contribution in [0.1, 0.15) is 68.6 Å². The van der Waals surface area contributed by atoms with Crippen LogP contribution < -0.4 is 4.74 Å². The van der Waals surface area contributed by atoms with E-state index < -0.39 is 5.24 Å². The van der Waals surface area contributed by atoms with E-state index in [1.54, 1.807) is 12.1 Å². The van der Waals surface area contributed by atoms with Crippen LogP contribution in [0, 0.1) is 0 Å². The number of ether oxygens (including phenoxy) is 1. The molecule has 0 fully saturated rings. The maximum Gasteiger partial charge on any atom is 0.252 e. The lowest BCUT2D eigenvalue weighted by atomic mass is 10.0. The summed E-state index contributed by atoms with van der Waals surface area (Å²) in [5, 5.41) is -0.429. The molecule has 2 aromatic carbocycles. The van der Waals surface area contributed by atoms with Crippen LogP contribution >= 0.6 is 11.6 Å². The average molecular weight is 373 g/mol. The third-order valence-corrected chi connectivity index (χ3v) is 4.78. The molecule has 2 rings (SSSR count). The van der Waals surface area contributed by atoms with E-state index in [4.69, 9.17) is 16.3 Å². The van der Waals surface area contributed by atoms with Gasteiger partial charge in [-0.15, -0.1) is 0 Å². The minimum absolute atomic E-state index is 0.429. The largest absolute Gasteiger partial charge is 0.494 e. The van der Waals surface area contributed by atoms with Crippen molar-refractivity contribution in [1.29, 1.82) is 0 Å². The van der Waals surface area contributed by atoms with Crippen LogP contribution in [-0.2, 0) is 0 Å². The molecule has 0 saturated heterocycles. The zero-order chi connectivity index (χ0) is 18.6. The molecule has 0 bridgehead atoms. The fraction of sp³-hybridized carbons (Fsp3) is 0.435. The van der Waals surface area contributed by atoms with Crippen molar-refractivity contribution in [3.8, 4) is 16.9 Å². The Morgan fingerprint density at radius 1 is 0.769 bits per heavy atom. The van der Waals surface area contributed by atoms with Crippen molar-refractivity contribution in [3.05, 3.63) is 54.1 Å². The average Bonchev–Trinajstić information content (AvgIpc) is 2.67. The first kappa shape index (κ1) is 20.5. The number of benzene rings is 2. The molecule has 0 aromatic heterocycles. The second-order valence-electron chi connectivity index (χ2n) is 6.70. The molecule has 0 saturated carbocycles. The topological polar surface area (TPSA) is 26.3 Å². The first-order chi connectivity index (χ1) is 12.7. The number of hydrogen-bond acceptors (Lipinski definition) is 2. The SMILES string of the molecule is CCCCCCCCCCOc1ccc(-c2ccc(C(=O)Cl)cc2)cc1. The summed E-state index contributed by atoms with van der Waals surface area (Å²) in [4.78, 5) is 11.1. The van der Waals surface area contributed by atoms with Gasteiger partial charge in [-0.3, -0.25) is 4.79 Å². The Kier molecular flexibility index (Phi) is 9.27. The van der Waals surface area contributed by atoms with Gasteiger partial charge in [0.2, 0.25) is 0 Å². The molecule has 0 amide bonds. The van der Waals surface area contributed by atoms with Crippen LogP contribution in [-0.4, -0.2) is 11.8 Å². The van der Waals surface area contributed by atoms with Gasteiger partial charge in [-0.25, -0.2) is 0 Å². The highest BCUT2D eigenvalue weighted by Crippen LogP contribution is 2.23. The van der Waals surface area contributed by atoms with Gasteiger partial charge in [0.05, 0.1) is 6.61 Å². The Morgan fingerprint density at radius 2 is 1.27 bits per heavy atom. The van der Waals surface area contributed by atoms with Crippen molar-refractivity contribution >= 4 is 16.8 Å². The first-order valence-electron chi connectivity index (χ1n) is 9.74. The lowest BCUT2D eigenvalue weighted by Gasteiger charge is -2.08. The maximum absolute atomic E-state index is 11.1. The third-order valence-electron chi connectivity index (χ3n) is 4.57. The normalized spacial score (nSPS) is 10.7. The number of rotatable bonds is 12. The van der Waals surface area contributed by atoms with Crippen molar-refractivity contribution < 1.29 is 9.53 Å². The highest BCUT2D eigenvalue weighted by molar-refractivity contribution is 6.67. The van der Waals surface area contributed by atoms with E-state index in [9.17, 15) is 4.79 Å². The molecule has 0 N–H and O–H groups in total. The number of halogens is 1. The van der Waals surface area contributed by atoms with E-state index in [0.29, 0.717) is 5.56 Å². The third kappa shape index (κ3) is 7.21. The van der Waals surface area contributed by atoms with Crippen LogP contribution in [0.3, 0.4) is 0 Å². The van der Waals surface area contributed by atoms with Gasteiger partial charge in [-0.1, -0.05) is 76.1 Å². The van der Waals surface area contributed by atoms with Crippen LogP contribution in [0.4, 0.5) is 0 Å². The summed E-state index contributed by atoms with van der Waals surface area (Å²) in [5.74, 6) is 0.907. The zero-order valence-electron chi connectivity index (χ0n) is 15.7. The molecule has 2 aromatic rings. The van der Waals surface area contributed by atoms with E-state index in [0.717, 1.165) is 29.9 Å². The number of unbranched alkanes of at least 4 members (excludes halogenated alkanes) is 7. The summed E-state index contributed by atoms with van der Waals surface area (Å²) in [7, 11) is 0. The Hall–Kier alpha value is -1.80. The molecule has 0 unspecified atom stereocenters. The zero-order valence-corrected chi connectivity index (χ0v) is 16.4. The summed E-state index contributed by atoms with van der Waals surface area (Å²) < 4.78 is 5.83. The molecule has 3 heteroatoms. The first-order valence-corrected chi connectivity index (χ1v) is 10.1. The maximum atomic E-state index is 11.1. The summed E-state index contributed by atoms with van der Waals surface area (Å²) in [6.07, 6.45) is 10.5. The van der Waals surface area contributed by atoms with E-state index in [1.807, 2.05) is 36.4 Å². The minimum atomic E-state index is -0.429. The molecular formula is C23H29ClO2. The minimum Gasteiger partial charge on any atom is -0.494 e. The molecule has 0 heterocycles. The molecule has 2 nitrogen and oxygen atoms in total.